The molecule has 0 aliphatic rings. The van der Waals surface area contributed by atoms with E-state index in [0.717, 1.165) is 43.3 Å². The van der Waals surface area contributed by atoms with E-state index < -0.39 is 17.1 Å². The number of rotatable bonds is 7. The Bertz CT molecular complexity index is 1390. The Morgan fingerprint density at radius 3 is 2.37 bits per heavy atom. The Morgan fingerprint density at radius 1 is 1.06 bits per heavy atom. The first-order valence-electron chi connectivity index (χ1n) is 10.8. The van der Waals surface area contributed by atoms with Gasteiger partial charge in [-0.3, -0.25) is 18.7 Å². The lowest BCUT2D eigenvalue weighted by molar-refractivity contribution is -0.118. The number of ether oxygens (including phenoxy) is 1. The molecule has 1 aromatic heterocycles. The van der Waals surface area contributed by atoms with Gasteiger partial charge in [0.1, 0.15) is 16.4 Å². The van der Waals surface area contributed by atoms with E-state index in [1.54, 1.807) is 13.2 Å². The van der Waals surface area contributed by atoms with Gasteiger partial charge in [-0.2, -0.15) is 0 Å². The van der Waals surface area contributed by atoms with Crippen molar-refractivity contribution in [2.45, 2.75) is 20.4 Å². The highest BCUT2D eigenvalue weighted by Crippen LogP contribution is 2.24. The van der Waals surface area contributed by atoms with Gasteiger partial charge in [-0.1, -0.05) is 30.0 Å². The van der Waals surface area contributed by atoms with Crippen LogP contribution in [0.15, 0.2) is 57.0 Å². The molecule has 0 aliphatic carbocycles. The third-order valence-corrected chi connectivity index (χ3v) is 6.53. The summed E-state index contributed by atoms with van der Waals surface area (Å²) in [6, 6.07) is 12.9. The molecule has 1 amide bonds. The summed E-state index contributed by atoms with van der Waals surface area (Å²) in [5.74, 6) is -0.112. The van der Waals surface area contributed by atoms with Crippen molar-refractivity contribution in [2.75, 3.05) is 12.9 Å². The van der Waals surface area contributed by atoms with Crippen LogP contribution >= 0.6 is 11.8 Å². The molecule has 0 saturated heterocycles. The molecule has 0 spiro atoms. The normalized spacial score (nSPS) is 11.4. The highest BCUT2D eigenvalue weighted by Gasteiger charge is 2.22. The molecule has 3 aromatic rings. The van der Waals surface area contributed by atoms with Gasteiger partial charge >= 0.3 is 5.69 Å². The van der Waals surface area contributed by atoms with E-state index in [4.69, 9.17) is 4.74 Å². The minimum absolute atomic E-state index is 0.0503. The van der Waals surface area contributed by atoms with E-state index in [9.17, 15) is 19.5 Å². The molecule has 35 heavy (non-hydrogen) atoms. The van der Waals surface area contributed by atoms with Crippen LogP contribution in [0, 0.1) is 13.8 Å². The van der Waals surface area contributed by atoms with Crippen molar-refractivity contribution in [1.82, 2.24) is 14.5 Å². The summed E-state index contributed by atoms with van der Waals surface area (Å²) in [6.07, 6.45) is 0. The Balaban J connectivity index is 1.89. The van der Waals surface area contributed by atoms with E-state index in [1.807, 2.05) is 50.2 Å². The number of aryl methyl sites for hydroxylation is 2. The Hall–Kier alpha value is -3.79. The van der Waals surface area contributed by atoms with Crippen molar-refractivity contribution in [2.24, 2.45) is 19.1 Å². The number of thioether (sulfide) groups is 1. The lowest BCUT2D eigenvalue weighted by atomic mass is 10.1. The SMILES string of the molecule is COc1ccc(CNC(=O)CSC(=Nc2ccc(C)c(C)c2)c2c(O)n(C)c(=O)n(C)c2=O)cc1. The van der Waals surface area contributed by atoms with Crippen LogP contribution in [0.5, 0.6) is 11.6 Å². The molecule has 9 nitrogen and oxygen atoms in total. The van der Waals surface area contributed by atoms with Crippen molar-refractivity contribution in [3.8, 4) is 11.6 Å². The zero-order chi connectivity index (χ0) is 25.7. The molecule has 2 aromatic carbocycles. The fourth-order valence-corrected chi connectivity index (χ4v) is 4.09. The molecule has 184 valence electrons. The molecule has 2 N–H and O–H groups in total. The van der Waals surface area contributed by atoms with E-state index >= 15 is 0 Å². The molecule has 0 radical (unpaired) electrons. The van der Waals surface area contributed by atoms with Crippen LogP contribution in [0.1, 0.15) is 22.3 Å². The van der Waals surface area contributed by atoms with Gasteiger partial charge in [-0.05, 0) is 54.8 Å². The van der Waals surface area contributed by atoms with Gasteiger partial charge in [0.05, 0.1) is 18.6 Å². The van der Waals surface area contributed by atoms with Crippen LogP contribution in [0.4, 0.5) is 5.69 Å². The summed E-state index contributed by atoms with van der Waals surface area (Å²) >= 11 is 1.01. The zero-order valence-corrected chi connectivity index (χ0v) is 21.1. The second kappa shape index (κ2) is 11.1. The number of carbonyl (C=O) groups excluding carboxylic acids is 1. The number of nitrogens with one attached hydrogen (secondary N) is 1. The highest BCUT2D eigenvalue weighted by atomic mass is 32.2. The van der Waals surface area contributed by atoms with Crippen molar-refractivity contribution < 1.29 is 14.6 Å². The number of benzene rings is 2. The van der Waals surface area contributed by atoms with E-state index in [-0.39, 0.29) is 22.3 Å². The second-order valence-corrected chi connectivity index (χ2v) is 8.97. The monoisotopic (exact) mass is 496 g/mol. The maximum atomic E-state index is 12.9. The first-order chi connectivity index (χ1) is 16.6. The average molecular weight is 497 g/mol. The molecule has 0 unspecified atom stereocenters. The van der Waals surface area contributed by atoms with Crippen molar-refractivity contribution in [3.63, 3.8) is 0 Å². The quantitative estimate of drug-likeness (QED) is 0.384. The summed E-state index contributed by atoms with van der Waals surface area (Å²) in [7, 11) is 4.27. The fraction of sp³-hybridized carbons (Fsp3) is 0.280. The smallest absolute Gasteiger partial charge is 0.333 e. The van der Waals surface area contributed by atoms with Gasteiger partial charge < -0.3 is 15.2 Å². The number of carbonyl (C=O) groups is 1. The van der Waals surface area contributed by atoms with E-state index in [1.165, 1.54) is 14.1 Å². The maximum Gasteiger partial charge on any atom is 0.333 e. The van der Waals surface area contributed by atoms with Crippen molar-refractivity contribution in [1.29, 1.82) is 0 Å². The molecule has 3 rings (SSSR count). The van der Waals surface area contributed by atoms with Gasteiger partial charge in [0, 0.05) is 20.6 Å². The first kappa shape index (κ1) is 25.8. The molecule has 0 atom stereocenters. The largest absolute Gasteiger partial charge is 0.497 e. The van der Waals surface area contributed by atoms with Crippen LogP contribution in [0.3, 0.4) is 0 Å². The highest BCUT2D eigenvalue weighted by molar-refractivity contribution is 8.15. The molecule has 0 aliphatic heterocycles. The minimum Gasteiger partial charge on any atom is -0.497 e. The summed E-state index contributed by atoms with van der Waals surface area (Å²) in [5.41, 5.74) is 2.05. The first-order valence-corrected chi connectivity index (χ1v) is 11.8. The Kier molecular flexibility index (Phi) is 8.18. The molecule has 0 saturated carbocycles. The third kappa shape index (κ3) is 6.02. The Labute approximate surface area is 207 Å². The summed E-state index contributed by atoms with van der Waals surface area (Å²) in [6.45, 7) is 4.23. The average Bonchev–Trinajstić information content (AvgIpc) is 2.86. The number of aliphatic imine (C=N–C) groups is 1. The Morgan fingerprint density at radius 2 is 1.74 bits per heavy atom. The third-order valence-electron chi connectivity index (χ3n) is 5.56. The lowest BCUT2D eigenvalue weighted by Crippen LogP contribution is -2.39. The number of amides is 1. The summed E-state index contributed by atoms with van der Waals surface area (Å²) in [5, 5.41) is 13.6. The summed E-state index contributed by atoms with van der Waals surface area (Å²) < 4.78 is 7.00. The number of aromatic hydroxyl groups is 1. The van der Waals surface area contributed by atoms with Crippen LogP contribution < -0.4 is 21.3 Å². The molecule has 10 heteroatoms. The van der Waals surface area contributed by atoms with Crippen molar-refractivity contribution >= 4 is 28.4 Å². The van der Waals surface area contributed by atoms with Crippen LogP contribution in [-0.2, 0) is 25.4 Å². The maximum absolute atomic E-state index is 12.9. The van der Waals surface area contributed by atoms with E-state index in [2.05, 4.69) is 10.3 Å². The second-order valence-electron chi connectivity index (χ2n) is 8.00. The number of hydrogen-bond acceptors (Lipinski definition) is 7. The fourth-order valence-electron chi connectivity index (χ4n) is 3.22. The summed E-state index contributed by atoms with van der Waals surface area (Å²) in [4.78, 5) is 42.2. The predicted octanol–water partition coefficient (Wildman–Crippen LogP) is 2.54. The molecule has 0 bridgehead atoms. The number of nitrogens with zero attached hydrogens (tertiary/aromatic N) is 3. The van der Waals surface area contributed by atoms with Crippen LogP contribution in [0.2, 0.25) is 0 Å². The van der Waals surface area contributed by atoms with Crippen molar-refractivity contribution in [3.05, 3.63) is 85.6 Å². The van der Waals surface area contributed by atoms with Gasteiger partial charge in [0.25, 0.3) is 5.56 Å². The molecule has 1 heterocycles. The molecular weight excluding hydrogens is 468 g/mol. The van der Waals surface area contributed by atoms with Crippen LogP contribution in [0.25, 0.3) is 0 Å². The number of hydrogen-bond donors (Lipinski definition) is 2. The van der Waals surface area contributed by atoms with Gasteiger partial charge in [0.15, 0.2) is 0 Å². The van der Waals surface area contributed by atoms with Gasteiger partial charge in [-0.25, -0.2) is 9.79 Å². The predicted molar refractivity (Wildman–Crippen MR) is 138 cm³/mol. The lowest BCUT2D eigenvalue weighted by Gasteiger charge is -2.13. The van der Waals surface area contributed by atoms with E-state index in [0.29, 0.717) is 12.2 Å². The molecular formula is C25H28N4O5S. The number of aromatic nitrogens is 2. The topological polar surface area (TPSA) is 115 Å². The minimum atomic E-state index is -0.695. The zero-order valence-electron chi connectivity index (χ0n) is 20.3. The van der Waals surface area contributed by atoms with Gasteiger partial charge in [0.2, 0.25) is 11.8 Å². The standard InChI is InChI=1S/C25H28N4O5S/c1-15-6-9-18(12-16(15)2)27-22(21-23(31)28(3)25(33)29(4)24(21)32)35-14-20(30)26-13-17-7-10-19(34-5)11-8-17/h6-12,31H,13-14H2,1-5H3,(H,26,30). The van der Waals surface area contributed by atoms with Crippen LogP contribution in [-0.4, -0.2) is 38.1 Å². The van der Waals surface area contributed by atoms with Gasteiger partial charge in [-0.15, -0.1) is 0 Å². The molecule has 0 fully saturated rings. The number of methoxy groups -OCH3 is 1.